The SMILES string of the molecule is NNC=Nc1ccc(CCc2csc(NC(=O)O)n2)cc1. The van der Waals surface area contributed by atoms with Crippen molar-refractivity contribution in [3.8, 4) is 0 Å². The first kappa shape index (κ1) is 14.9. The Labute approximate surface area is 125 Å². The van der Waals surface area contributed by atoms with Crippen molar-refractivity contribution in [2.24, 2.45) is 10.8 Å². The Hall–Kier alpha value is -2.45. The summed E-state index contributed by atoms with van der Waals surface area (Å²) >= 11 is 1.28. The average molecular weight is 305 g/mol. The number of amides is 1. The van der Waals surface area contributed by atoms with Crippen molar-refractivity contribution in [3.05, 3.63) is 40.9 Å². The van der Waals surface area contributed by atoms with Gasteiger partial charge in [0.15, 0.2) is 5.13 Å². The molecule has 7 nitrogen and oxygen atoms in total. The Morgan fingerprint density at radius 1 is 1.38 bits per heavy atom. The van der Waals surface area contributed by atoms with E-state index in [-0.39, 0.29) is 0 Å². The van der Waals surface area contributed by atoms with E-state index < -0.39 is 6.09 Å². The zero-order valence-electron chi connectivity index (χ0n) is 11.1. The number of anilines is 1. The standard InChI is InChI=1S/C13H15N5O2S/c14-16-8-15-10-4-1-9(2-5-10)3-6-11-7-21-12(17-11)18-13(19)20/h1-2,4-5,7-8H,3,6,14H2,(H,15,16)(H,17,18)(H,19,20). The third kappa shape index (κ3) is 4.86. The van der Waals surface area contributed by atoms with Gasteiger partial charge in [0.25, 0.3) is 0 Å². The summed E-state index contributed by atoms with van der Waals surface area (Å²) in [5, 5.41) is 13.1. The highest BCUT2D eigenvalue weighted by Crippen LogP contribution is 2.18. The number of aryl methyl sites for hydroxylation is 2. The molecule has 0 saturated carbocycles. The van der Waals surface area contributed by atoms with Gasteiger partial charge in [-0.2, -0.15) is 0 Å². The molecule has 0 atom stereocenters. The number of carboxylic acid groups (broad SMARTS) is 1. The maximum absolute atomic E-state index is 10.5. The molecular weight excluding hydrogens is 290 g/mol. The minimum absolute atomic E-state index is 0.400. The molecule has 21 heavy (non-hydrogen) atoms. The van der Waals surface area contributed by atoms with Gasteiger partial charge < -0.3 is 10.5 Å². The number of rotatable bonds is 6. The summed E-state index contributed by atoms with van der Waals surface area (Å²) in [6.45, 7) is 0. The number of thiazole rings is 1. The lowest BCUT2D eigenvalue weighted by molar-refractivity contribution is 0.209. The first-order valence-electron chi connectivity index (χ1n) is 6.19. The lowest BCUT2D eigenvalue weighted by atomic mass is 10.1. The molecule has 0 radical (unpaired) electrons. The molecule has 0 aliphatic heterocycles. The number of hydrogen-bond donors (Lipinski definition) is 4. The van der Waals surface area contributed by atoms with Gasteiger partial charge in [-0.1, -0.05) is 12.1 Å². The average Bonchev–Trinajstić information content (AvgIpc) is 2.91. The normalized spacial score (nSPS) is 10.7. The van der Waals surface area contributed by atoms with E-state index >= 15 is 0 Å². The van der Waals surface area contributed by atoms with Crippen molar-refractivity contribution in [2.45, 2.75) is 12.8 Å². The van der Waals surface area contributed by atoms with Crippen molar-refractivity contribution in [2.75, 3.05) is 5.32 Å². The van der Waals surface area contributed by atoms with E-state index in [1.807, 2.05) is 29.6 Å². The topological polar surface area (TPSA) is 113 Å². The highest BCUT2D eigenvalue weighted by molar-refractivity contribution is 7.13. The molecule has 1 aromatic carbocycles. The summed E-state index contributed by atoms with van der Waals surface area (Å²) < 4.78 is 0. The Morgan fingerprint density at radius 2 is 2.14 bits per heavy atom. The van der Waals surface area contributed by atoms with Gasteiger partial charge in [0.1, 0.15) is 6.34 Å². The van der Waals surface area contributed by atoms with Crippen LogP contribution in [0.4, 0.5) is 15.6 Å². The van der Waals surface area contributed by atoms with Gasteiger partial charge in [-0.15, -0.1) is 11.3 Å². The molecule has 0 fully saturated rings. The molecule has 0 aliphatic rings. The lowest BCUT2D eigenvalue weighted by Crippen LogP contribution is -2.18. The largest absolute Gasteiger partial charge is 0.465 e. The fraction of sp³-hybridized carbons (Fsp3) is 0.154. The number of aliphatic imine (C=N–C) groups is 1. The first-order valence-corrected chi connectivity index (χ1v) is 7.07. The molecule has 0 bridgehead atoms. The monoisotopic (exact) mass is 305 g/mol. The van der Waals surface area contributed by atoms with Crippen LogP contribution in [0.2, 0.25) is 0 Å². The number of hydrogen-bond acceptors (Lipinski definition) is 5. The number of benzene rings is 1. The number of nitrogens with two attached hydrogens (primary N) is 1. The van der Waals surface area contributed by atoms with Crippen LogP contribution in [0.3, 0.4) is 0 Å². The summed E-state index contributed by atoms with van der Waals surface area (Å²) in [6.07, 6.45) is 1.90. The van der Waals surface area contributed by atoms with E-state index in [2.05, 4.69) is 20.7 Å². The highest BCUT2D eigenvalue weighted by Gasteiger charge is 2.05. The molecule has 1 heterocycles. The van der Waals surface area contributed by atoms with Crippen LogP contribution in [-0.4, -0.2) is 22.5 Å². The van der Waals surface area contributed by atoms with Gasteiger partial charge in [0.2, 0.25) is 0 Å². The second kappa shape index (κ2) is 7.36. The lowest BCUT2D eigenvalue weighted by Gasteiger charge is -2.00. The van der Waals surface area contributed by atoms with E-state index in [1.54, 1.807) is 0 Å². The van der Waals surface area contributed by atoms with Crippen molar-refractivity contribution in [1.82, 2.24) is 10.4 Å². The number of hydrazine groups is 1. The van der Waals surface area contributed by atoms with Crippen LogP contribution in [0.15, 0.2) is 34.6 Å². The molecule has 1 amide bonds. The summed E-state index contributed by atoms with van der Waals surface area (Å²) in [7, 11) is 0. The summed E-state index contributed by atoms with van der Waals surface area (Å²) in [4.78, 5) is 18.8. The Bertz CT molecular complexity index is 624. The smallest absolute Gasteiger partial charge is 0.410 e. The molecule has 0 aliphatic carbocycles. The third-order valence-corrected chi connectivity index (χ3v) is 3.47. The van der Waals surface area contributed by atoms with Crippen molar-refractivity contribution in [3.63, 3.8) is 0 Å². The fourth-order valence-electron chi connectivity index (χ4n) is 1.70. The second-order valence-corrected chi connectivity index (χ2v) is 5.02. The van der Waals surface area contributed by atoms with E-state index in [1.165, 1.54) is 17.7 Å². The van der Waals surface area contributed by atoms with Crippen LogP contribution < -0.4 is 16.6 Å². The summed E-state index contributed by atoms with van der Waals surface area (Å²) in [5.74, 6) is 5.10. The van der Waals surface area contributed by atoms with Crippen molar-refractivity contribution < 1.29 is 9.90 Å². The fourth-order valence-corrected chi connectivity index (χ4v) is 2.44. The van der Waals surface area contributed by atoms with Gasteiger partial charge in [0.05, 0.1) is 11.4 Å². The summed E-state index contributed by atoms with van der Waals surface area (Å²) in [5.41, 5.74) is 5.20. The van der Waals surface area contributed by atoms with Gasteiger partial charge in [-0.05, 0) is 30.5 Å². The van der Waals surface area contributed by atoms with E-state index in [4.69, 9.17) is 10.9 Å². The number of nitrogens with zero attached hydrogens (tertiary/aromatic N) is 2. The number of nitrogens with one attached hydrogen (secondary N) is 2. The first-order chi connectivity index (χ1) is 10.2. The number of carbonyl (C=O) groups is 1. The Morgan fingerprint density at radius 3 is 2.81 bits per heavy atom. The molecule has 8 heteroatoms. The van der Waals surface area contributed by atoms with E-state index in [0.29, 0.717) is 5.13 Å². The van der Waals surface area contributed by atoms with Crippen LogP contribution in [0.1, 0.15) is 11.3 Å². The van der Waals surface area contributed by atoms with Crippen LogP contribution in [0, 0.1) is 0 Å². The molecule has 0 spiro atoms. The summed E-state index contributed by atoms with van der Waals surface area (Å²) in [6, 6.07) is 7.79. The van der Waals surface area contributed by atoms with E-state index in [0.717, 1.165) is 29.8 Å². The molecule has 2 aromatic rings. The Kier molecular flexibility index (Phi) is 5.24. The van der Waals surface area contributed by atoms with Gasteiger partial charge in [-0.25, -0.2) is 20.6 Å². The predicted molar refractivity (Wildman–Crippen MR) is 83.1 cm³/mol. The molecule has 5 N–H and O–H groups in total. The zero-order valence-corrected chi connectivity index (χ0v) is 11.9. The number of aromatic nitrogens is 1. The maximum Gasteiger partial charge on any atom is 0.410 e. The van der Waals surface area contributed by atoms with E-state index in [9.17, 15) is 4.79 Å². The molecule has 1 aromatic heterocycles. The minimum atomic E-state index is -1.10. The van der Waals surface area contributed by atoms with Crippen molar-refractivity contribution in [1.29, 1.82) is 0 Å². The zero-order chi connectivity index (χ0) is 15.1. The van der Waals surface area contributed by atoms with Gasteiger partial charge in [-0.3, -0.25) is 5.32 Å². The molecule has 0 saturated heterocycles. The molecule has 0 unspecified atom stereocenters. The predicted octanol–water partition coefficient (Wildman–Crippen LogP) is 2.14. The maximum atomic E-state index is 10.5. The molecule has 110 valence electrons. The second-order valence-electron chi connectivity index (χ2n) is 4.17. The Balaban J connectivity index is 1.89. The van der Waals surface area contributed by atoms with Gasteiger partial charge in [0, 0.05) is 5.38 Å². The van der Waals surface area contributed by atoms with Gasteiger partial charge >= 0.3 is 6.09 Å². The molecule has 2 rings (SSSR count). The third-order valence-electron chi connectivity index (χ3n) is 2.66. The highest BCUT2D eigenvalue weighted by atomic mass is 32.1. The molecular formula is C13H15N5O2S. The van der Waals surface area contributed by atoms with Crippen LogP contribution >= 0.6 is 11.3 Å². The minimum Gasteiger partial charge on any atom is -0.465 e. The quantitative estimate of drug-likeness (QED) is 0.283. The van der Waals surface area contributed by atoms with Crippen molar-refractivity contribution >= 4 is 34.6 Å². The van der Waals surface area contributed by atoms with Crippen LogP contribution in [0.25, 0.3) is 0 Å². The van der Waals surface area contributed by atoms with Crippen LogP contribution in [0.5, 0.6) is 0 Å². The van der Waals surface area contributed by atoms with Crippen LogP contribution in [-0.2, 0) is 12.8 Å².